The van der Waals surface area contributed by atoms with E-state index in [1.807, 2.05) is 30.3 Å². The molecule has 0 aromatic heterocycles. The van der Waals surface area contributed by atoms with E-state index >= 15 is 0 Å². The Kier molecular flexibility index (Phi) is 4.76. The van der Waals surface area contributed by atoms with Crippen LogP contribution in [0.25, 0.3) is 0 Å². The van der Waals surface area contributed by atoms with Crippen LogP contribution in [0.2, 0.25) is 0 Å². The fourth-order valence-electron chi connectivity index (χ4n) is 2.77. The summed E-state index contributed by atoms with van der Waals surface area (Å²) in [6.45, 7) is 0.547. The van der Waals surface area contributed by atoms with Gasteiger partial charge in [-0.25, -0.2) is 0 Å². The Morgan fingerprint density at radius 1 is 1.28 bits per heavy atom. The molecule has 3 nitrogen and oxygen atoms in total. The van der Waals surface area contributed by atoms with Crippen LogP contribution >= 0.6 is 0 Å². The minimum Gasteiger partial charge on any atom is -0.352 e. The zero-order valence-electron chi connectivity index (χ0n) is 10.8. The minimum atomic E-state index is 0.0866. The molecule has 3 heteroatoms. The molecule has 18 heavy (non-hydrogen) atoms. The standard InChI is InChI=1S/C15H22N2O/c16-11-14(13-8-4-5-9-13)17-15(18)10-12-6-2-1-3-7-12/h1-3,6-7,13-14H,4-5,8-11,16H2,(H,17,18). The maximum Gasteiger partial charge on any atom is 0.224 e. The van der Waals surface area contributed by atoms with Gasteiger partial charge in [0.25, 0.3) is 0 Å². The molecule has 1 unspecified atom stereocenters. The van der Waals surface area contributed by atoms with Crippen molar-refractivity contribution in [3.63, 3.8) is 0 Å². The summed E-state index contributed by atoms with van der Waals surface area (Å²) < 4.78 is 0. The zero-order chi connectivity index (χ0) is 12.8. The van der Waals surface area contributed by atoms with Gasteiger partial charge in [0.15, 0.2) is 0 Å². The van der Waals surface area contributed by atoms with Gasteiger partial charge in [-0.2, -0.15) is 0 Å². The molecule has 0 spiro atoms. The largest absolute Gasteiger partial charge is 0.352 e. The molecule has 0 radical (unpaired) electrons. The summed E-state index contributed by atoms with van der Waals surface area (Å²) in [5.74, 6) is 0.665. The lowest BCUT2D eigenvalue weighted by molar-refractivity contribution is -0.121. The smallest absolute Gasteiger partial charge is 0.224 e. The topological polar surface area (TPSA) is 55.1 Å². The van der Waals surface area contributed by atoms with E-state index in [0.29, 0.717) is 18.9 Å². The molecular weight excluding hydrogens is 224 g/mol. The Balaban J connectivity index is 1.85. The molecular formula is C15H22N2O. The summed E-state index contributed by atoms with van der Waals surface area (Å²) in [6.07, 6.45) is 5.40. The number of nitrogens with two attached hydrogens (primary N) is 1. The quantitative estimate of drug-likeness (QED) is 0.833. The highest BCUT2D eigenvalue weighted by molar-refractivity contribution is 5.78. The number of hydrogen-bond donors (Lipinski definition) is 2. The van der Waals surface area contributed by atoms with Crippen LogP contribution < -0.4 is 11.1 Å². The number of rotatable bonds is 5. The Hall–Kier alpha value is -1.35. The van der Waals surface area contributed by atoms with Crippen LogP contribution in [0.1, 0.15) is 31.2 Å². The molecule has 1 amide bonds. The Labute approximate surface area is 109 Å². The van der Waals surface area contributed by atoms with Gasteiger partial charge >= 0.3 is 0 Å². The first-order valence-electron chi connectivity index (χ1n) is 6.83. The van der Waals surface area contributed by atoms with E-state index in [1.54, 1.807) is 0 Å². The molecule has 1 aliphatic rings. The van der Waals surface area contributed by atoms with Gasteiger partial charge in [0.1, 0.15) is 0 Å². The van der Waals surface area contributed by atoms with Crippen molar-refractivity contribution >= 4 is 5.91 Å². The lowest BCUT2D eigenvalue weighted by Crippen LogP contribution is -2.45. The zero-order valence-corrected chi connectivity index (χ0v) is 10.8. The van der Waals surface area contributed by atoms with Gasteiger partial charge < -0.3 is 11.1 Å². The van der Waals surface area contributed by atoms with Crippen LogP contribution in [0, 0.1) is 5.92 Å². The third kappa shape index (κ3) is 3.57. The minimum absolute atomic E-state index is 0.0866. The van der Waals surface area contributed by atoms with E-state index in [4.69, 9.17) is 5.73 Å². The first kappa shape index (κ1) is 13.1. The second kappa shape index (κ2) is 6.55. The van der Waals surface area contributed by atoms with Gasteiger partial charge in [-0.1, -0.05) is 43.2 Å². The van der Waals surface area contributed by atoms with Gasteiger partial charge in [0.2, 0.25) is 5.91 Å². The maximum absolute atomic E-state index is 12.0. The summed E-state index contributed by atoms with van der Waals surface area (Å²) in [5, 5.41) is 3.09. The van der Waals surface area contributed by atoms with E-state index in [0.717, 1.165) is 5.56 Å². The molecule has 3 N–H and O–H groups in total. The van der Waals surface area contributed by atoms with Crippen molar-refractivity contribution in [2.75, 3.05) is 6.54 Å². The number of carbonyl (C=O) groups is 1. The van der Waals surface area contributed by atoms with Crippen molar-refractivity contribution in [1.82, 2.24) is 5.32 Å². The maximum atomic E-state index is 12.0. The fourth-order valence-corrected chi connectivity index (χ4v) is 2.77. The van der Waals surface area contributed by atoms with Gasteiger partial charge in [0, 0.05) is 12.6 Å². The number of benzene rings is 1. The molecule has 98 valence electrons. The molecule has 0 bridgehead atoms. The van der Waals surface area contributed by atoms with E-state index in [9.17, 15) is 4.79 Å². The number of carbonyl (C=O) groups excluding carboxylic acids is 1. The lowest BCUT2D eigenvalue weighted by atomic mass is 9.98. The van der Waals surface area contributed by atoms with Crippen molar-refractivity contribution in [1.29, 1.82) is 0 Å². The van der Waals surface area contributed by atoms with Crippen LogP contribution in [0.3, 0.4) is 0 Å². The van der Waals surface area contributed by atoms with Gasteiger partial charge in [0.05, 0.1) is 6.42 Å². The van der Waals surface area contributed by atoms with Crippen molar-refractivity contribution in [3.8, 4) is 0 Å². The fraction of sp³-hybridized carbons (Fsp3) is 0.533. The number of nitrogens with one attached hydrogen (secondary N) is 1. The van der Waals surface area contributed by atoms with Crippen LogP contribution in [-0.2, 0) is 11.2 Å². The average Bonchev–Trinajstić information content (AvgIpc) is 2.91. The highest BCUT2D eigenvalue weighted by Gasteiger charge is 2.25. The van der Waals surface area contributed by atoms with Gasteiger partial charge in [-0.3, -0.25) is 4.79 Å². The lowest BCUT2D eigenvalue weighted by Gasteiger charge is -2.23. The Morgan fingerprint density at radius 2 is 1.94 bits per heavy atom. The number of amides is 1. The van der Waals surface area contributed by atoms with Crippen LogP contribution in [0.5, 0.6) is 0 Å². The molecule has 1 atom stereocenters. The van der Waals surface area contributed by atoms with E-state index in [1.165, 1.54) is 25.7 Å². The summed E-state index contributed by atoms with van der Waals surface area (Å²) in [7, 11) is 0. The SMILES string of the molecule is NCC(NC(=O)Cc1ccccc1)C1CCCC1. The molecule has 1 aromatic carbocycles. The number of hydrogen-bond acceptors (Lipinski definition) is 2. The van der Waals surface area contributed by atoms with E-state index < -0.39 is 0 Å². The normalized spacial score (nSPS) is 17.6. The van der Waals surface area contributed by atoms with Crippen LogP contribution in [0.15, 0.2) is 30.3 Å². The predicted molar refractivity (Wildman–Crippen MR) is 73.1 cm³/mol. The second-order valence-electron chi connectivity index (χ2n) is 5.12. The molecule has 1 saturated carbocycles. The molecule has 0 heterocycles. The van der Waals surface area contributed by atoms with Crippen molar-refractivity contribution < 1.29 is 4.79 Å². The van der Waals surface area contributed by atoms with Crippen LogP contribution in [0.4, 0.5) is 0 Å². The molecule has 1 aliphatic carbocycles. The third-order valence-electron chi connectivity index (χ3n) is 3.78. The Morgan fingerprint density at radius 3 is 2.56 bits per heavy atom. The molecule has 0 saturated heterocycles. The first-order valence-corrected chi connectivity index (χ1v) is 6.83. The Bertz CT molecular complexity index is 371. The van der Waals surface area contributed by atoms with Gasteiger partial charge in [-0.15, -0.1) is 0 Å². The third-order valence-corrected chi connectivity index (χ3v) is 3.78. The monoisotopic (exact) mass is 246 g/mol. The molecule has 0 aliphatic heterocycles. The summed E-state index contributed by atoms with van der Waals surface area (Å²) in [6, 6.07) is 9.99. The summed E-state index contributed by atoms with van der Waals surface area (Å²) >= 11 is 0. The summed E-state index contributed by atoms with van der Waals surface area (Å²) in [5.41, 5.74) is 6.83. The van der Waals surface area contributed by atoms with Crippen molar-refractivity contribution in [3.05, 3.63) is 35.9 Å². The van der Waals surface area contributed by atoms with Crippen molar-refractivity contribution in [2.45, 2.75) is 38.1 Å². The second-order valence-corrected chi connectivity index (χ2v) is 5.12. The van der Waals surface area contributed by atoms with Crippen molar-refractivity contribution in [2.24, 2.45) is 11.7 Å². The van der Waals surface area contributed by atoms with Gasteiger partial charge in [-0.05, 0) is 24.3 Å². The predicted octanol–water partition coefficient (Wildman–Crippen LogP) is 1.86. The van der Waals surface area contributed by atoms with Crippen LogP contribution in [-0.4, -0.2) is 18.5 Å². The first-order chi connectivity index (χ1) is 8.79. The van der Waals surface area contributed by atoms with E-state index in [-0.39, 0.29) is 11.9 Å². The summed E-state index contributed by atoms with van der Waals surface area (Å²) in [4.78, 5) is 12.0. The highest BCUT2D eigenvalue weighted by Crippen LogP contribution is 2.27. The molecule has 1 aromatic rings. The molecule has 2 rings (SSSR count). The van der Waals surface area contributed by atoms with E-state index in [2.05, 4.69) is 5.32 Å². The highest BCUT2D eigenvalue weighted by atomic mass is 16.1. The molecule has 1 fully saturated rings. The average molecular weight is 246 g/mol.